The van der Waals surface area contributed by atoms with Gasteiger partial charge in [0.15, 0.2) is 5.60 Å². The van der Waals surface area contributed by atoms with E-state index in [1.165, 1.54) is 37.6 Å². The Kier molecular flexibility index (Phi) is 5.56. The number of hydrogen-bond donors (Lipinski definition) is 2. The van der Waals surface area contributed by atoms with Crippen LogP contribution in [0.1, 0.15) is 5.56 Å². The van der Waals surface area contributed by atoms with Gasteiger partial charge in [0.2, 0.25) is 0 Å². The summed E-state index contributed by atoms with van der Waals surface area (Å²) in [5, 5.41) is 18.6. The van der Waals surface area contributed by atoms with Gasteiger partial charge in [-0.2, -0.15) is 5.10 Å². The predicted molar refractivity (Wildman–Crippen MR) is 112 cm³/mol. The zero-order valence-electron chi connectivity index (χ0n) is 16.6. The molecule has 0 aliphatic rings. The van der Waals surface area contributed by atoms with Gasteiger partial charge in [0.05, 0.1) is 36.7 Å². The molecule has 0 amide bonds. The number of nitrogens with zero attached hydrogens (tertiary/aromatic N) is 2. The number of ether oxygens (including phenoxy) is 1. The summed E-state index contributed by atoms with van der Waals surface area (Å²) in [5.74, 6) is 0.113. The van der Waals surface area contributed by atoms with Crippen LogP contribution in [0.5, 0.6) is 5.75 Å². The highest BCUT2D eigenvalue weighted by Crippen LogP contribution is 2.33. The minimum atomic E-state index is -3.04. The number of aliphatic hydroxyl groups is 1. The largest absolute Gasteiger partial charge is 0.495 e. The molecule has 1 aromatic heterocycles. The first kappa shape index (κ1) is 20.7. The van der Waals surface area contributed by atoms with Crippen LogP contribution >= 0.6 is 0 Å². The molecule has 1 unspecified atom stereocenters. The Labute approximate surface area is 176 Å². The summed E-state index contributed by atoms with van der Waals surface area (Å²) in [6.45, 7) is -0.428. The molecule has 0 saturated carbocycles. The van der Waals surface area contributed by atoms with Gasteiger partial charge in [-0.05, 0) is 54.1 Å². The maximum Gasteiger partial charge on any atom is 0.272 e. The Morgan fingerprint density at radius 1 is 1.10 bits per heavy atom. The molecule has 160 valence electrons. The van der Waals surface area contributed by atoms with E-state index in [0.717, 1.165) is 0 Å². The topological polar surface area (TPSA) is 59.3 Å². The Morgan fingerprint density at radius 3 is 2.55 bits per heavy atom. The van der Waals surface area contributed by atoms with Gasteiger partial charge in [-0.25, -0.2) is 17.9 Å². The summed E-state index contributed by atoms with van der Waals surface area (Å²) in [4.78, 5) is 0. The number of para-hydroxylation sites is 2. The van der Waals surface area contributed by atoms with E-state index in [1.807, 2.05) is 0 Å². The van der Waals surface area contributed by atoms with Crippen molar-refractivity contribution >= 4 is 16.6 Å². The van der Waals surface area contributed by atoms with Gasteiger partial charge in [0, 0.05) is 5.39 Å². The molecule has 2 N–H and O–H groups in total. The summed E-state index contributed by atoms with van der Waals surface area (Å²) in [7, 11) is 1.48. The van der Waals surface area contributed by atoms with Crippen LogP contribution in [0.25, 0.3) is 16.6 Å². The third kappa shape index (κ3) is 3.94. The minimum absolute atomic E-state index is 0.0519. The lowest BCUT2D eigenvalue weighted by molar-refractivity contribution is -0.0920. The number of benzene rings is 3. The molecule has 0 radical (unpaired) electrons. The third-order valence-corrected chi connectivity index (χ3v) is 5.16. The summed E-state index contributed by atoms with van der Waals surface area (Å²) in [6.07, 6.45) is -1.53. The SMILES string of the molecule is COc1ccccc1NCC(O)(c1ccc2c(cnn2-c2ccc(F)cc2)c1)C(F)F. The normalized spacial score (nSPS) is 13.4. The molecule has 31 heavy (non-hydrogen) atoms. The fourth-order valence-electron chi connectivity index (χ4n) is 3.42. The molecule has 0 saturated heterocycles. The monoisotopic (exact) mass is 427 g/mol. The summed E-state index contributed by atoms with van der Waals surface area (Å²) < 4.78 is 48.0. The van der Waals surface area contributed by atoms with Crippen LogP contribution < -0.4 is 10.1 Å². The van der Waals surface area contributed by atoms with E-state index in [4.69, 9.17) is 4.74 Å². The average molecular weight is 427 g/mol. The molecule has 1 atom stereocenters. The van der Waals surface area contributed by atoms with Crippen LogP contribution in [0.15, 0.2) is 72.9 Å². The summed E-state index contributed by atoms with van der Waals surface area (Å²) in [5.41, 5.74) is -0.617. The van der Waals surface area contributed by atoms with Crippen LogP contribution in [0.4, 0.5) is 18.9 Å². The number of hydrogen-bond acceptors (Lipinski definition) is 4. The summed E-state index contributed by atoms with van der Waals surface area (Å²) >= 11 is 0. The van der Waals surface area contributed by atoms with Gasteiger partial charge >= 0.3 is 0 Å². The standard InChI is InChI=1S/C23H20F3N3O2/c1-31-21-5-3-2-4-19(21)27-14-23(30,22(25)26)16-6-11-20-15(12-16)13-28-29(20)18-9-7-17(24)8-10-18/h2-13,22,27,30H,14H2,1H3. The zero-order valence-corrected chi connectivity index (χ0v) is 16.6. The molecule has 0 aliphatic carbocycles. The van der Waals surface area contributed by atoms with Crippen molar-refractivity contribution in [2.24, 2.45) is 0 Å². The van der Waals surface area contributed by atoms with Crippen LogP contribution in [-0.2, 0) is 5.60 Å². The van der Waals surface area contributed by atoms with Gasteiger partial charge in [0.1, 0.15) is 11.6 Å². The number of rotatable bonds is 7. The summed E-state index contributed by atoms with van der Waals surface area (Å²) in [6, 6.07) is 17.2. The smallest absolute Gasteiger partial charge is 0.272 e. The Hall–Kier alpha value is -3.52. The van der Waals surface area contributed by atoms with Crippen molar-refractivity contribution in [1.82, 2.24) is 9.78 Å². The maximum atomic E-state index is 14.0. The maximum absolute atomic E-state index is 14.0. The fourth-order valence-corrected chi connectivity index (χ4v) is 3.42. The van der Waals surface area contributed by atoms with Crippen molar-refractivity contribution in [3.8, 4) is 11.4 Å². The molecule has 1 heterocycles. The number of halogens is 3. The lowest BCUT2D eigenvalue weighted by Gasteiger charge is -2.29. The predicted octanol–water partition coefficient (Wildman–Crippen LogP) is 4.74. The van der Waals surface area contributed by atoms with E-state index in [1.54, 1.807) is 47.1 Å². The molecule has 4 rings (SSSR count). The highest BCUT2D eigenvalue weighted by atomic mass is 19.3. The van der Waals surface area contributed by atoms with E-state index in [9.17, 15) is 18.3 Å². The van der Waals surface area contributed by atoms with Crippen molar-refractivity contribution in [2.45, 2.75) is 12.0 Å². The Balaban J connectivity index is 1.66. The van der Waals surface area contributed by atoms with Gasteiger partial charge in [-0.1, -0.05) is 18.2 Å². The minimum Gasteiger partial charge on any atom is -0.495 e. The second-order valence-corrected chi connectivity index (χ2v) is 7.09. The Bertz CT molecular complexity index is 1190. The van der Waals surface area contributed by atoms with Crippen molar-refractivity contribution in [3.05, 3.63) is 84.3 Å². The molecule has 3 aromatic carbocycles. The molecule has 0 spiro atoms. The molecule has 0 fully saturated rings. The second kappa shape index (κ2) is 8.31. The van der Waals surface area contributed by atoms with Crippen molar-refractivity contribution < 1.29 is 23.0 Å². The van der Waals surface area contributed by atoms with Crippen LogP contribution in [-0.4, -0.2) is 35.0 Å². The first-order valence-corrected chi connectivity index (χ1v) is 9.54. The molecule has 5 nitrogen and oxygen atoms in total. The third-order valence-electron chi connectivity index (χ3n) is 5.16. The lowest BCUT2D eigenvalue weighted by Crippen LogP contribution is -2.41. The van der Waals surface area contributed by atoms with E-state index >= 15 is 0 Å². The van der Waals surface area contributed by atoms with Gasteiger partial charge in [-0.15, -0.1) is 0 Å². The zero-order chi connectivity index (χ0) is 22.0. The number of methoxy groups -OCH3 is 1. The average Bonchev–Trinajstić information content (AvgIpc) is 3.21. The number of nitrogens with one attached hydrogen (secondary N) is 1. The van der Waals surface area contributed by atoms with E-state index in [-0.39, 0.29) is 11.4 Å². The molecular formula is C23H20F3N3O2. The van der Waals surface area contributed by atoms with Gasteiger partial charge < -0.3 is 15.2 Å². The fraction of sp³-hybridized carbons (Fsp3) is 0.174. The number of anilines is 1. The highest BCUT2D eigenvalue weighted by molar-refractivity contribution is 5.81. The number of alkyl halides is 2. The van der Waals surface area contributed by atoms with E-state index < -0.39 is 18.6 Å². The van der Waals surface area contributed by atoms with E-state index in [2.05, 4.69) is 10.4 Å². The molecule has 8 heteroatoms. The van der Waals surface area contributed by atoms with Gasteiger partial charge in [-0.3, -0.25) is 0 Å². The second-order valence-electron chi connectivity index (χ2n) is 7.09. The highest BCUT2D eigenvalue weighted by Gasteiger charge is 2.40. The van der Waals surface area contributed by atoms with Crippen LogP contribution in [0, 0.1) is 5.82 Å². The Morgan fingerprint density at radius 2 is 1.84 bits per heavy atom. The molecule has 0 aliphatic heterocycles. The first-order chi connectivity index (χ1) is 14.9. The lowest BCUT2D eigenvalue weighted by atomic mass is 9.93. The quantitative estimate of drug-likeness (QED) is 0.447. The van der Waals surface area contributed by atoms with Crippen LogP contribution in [0.3, 0.4) is 0 Å². The van der Waals surface area contributed by atoms with Gasteiger partial charge in [0.25, 0.3) is 6.43 Å². The number of aromatic nitrogens is 2. The van der Waals surface area contributed by atoms with Crippen molar-refractivity contribution in [3.63, 3.8) is 0 Å². The molecule has 4 aromatic rings. The van der Waals surface area contributed by atoms with Crippen molar-refractivity contribution in [2.75, 3.05) is 19.0 Å². The van der Waals surface area contributed by atoms with Crippen molar-refractivity contribution in [1.29, 1.82) is 0 Å². The van der Waals surface area contributed by atoms with E-state index in [0.29, 0.717) is 28.0 Å². The first-order valence-electron chi connectivity index (χ1n) is 9.54. The van der Waals surface area contributed by atoms with Crippen LogP contribution in [0.2, 0.25) is 0 Å². The molecule has 0 bridgehead atoms. The number of fused-ring (bicyclic) bond motifs is 1. The molecular weight excluding hydrogens is 407 g/mol.